The predicted molar refractivity (Wildman–Crippen MR) is 120 cm³/mol. The molecule has 2 aromatic heterocycles. The van der Waals surface area contributed by atoms with Crippen LogP contribution < -0.4 is 15.0 Å². The van der Waals surface area contributed by atoms with Crippen LogP contribution in [0.1, 0.15) is 42.5 Å². The van der Waals surface area contributed by atoms with Gasteiger partial charge in [-0.3, -0.25) is 9.59 Å². The van der Waals surface area contributed by atoms with Crippen LogP contribution in [-0.2, 0) is 4.79 Å². The molecule has 8 nitrogen and oxygen atoms in total. The molecular weight excluding hydrogens is 449 g/mol. The molecule has 1 aromatic carbocycles. The second-order valence-corrected chi connectivity index (χ2v) is 9.03. The minimum atomic E-state index is -0.460. The first kappa shape index (κ1) is 21.6. The van der Waals surface area contributed by atoms with Crippen LogP contribution in [-0.4, -0.2) is 46.1 Å². The molecule has 1 saturated carbocycles. The molecule has 1 N–H and O–H groups in total. The van der Waals surface area contributed by atoms with E-state index in [9.17, 15) is 14.0 Å². The van der Waals surface area contributed by atoms with Gasteiger partial charge in [-0.05, 0) is 50.3 Å². The molecule has 1 aliphatic heterocycles. The molecule has 10 heteroatoms. The van der Waals surface area contributed by atoms with Crippen molar-refractivity contribution in [2.45, 2.75) is 38.1 Å². The van der Waals surface area contributed by atoms with Crippen molar-refractivity contribution in [3.8, 4) is 5.88 Å². The molecule has 1 spiro atoms. The fourth-order valence-electron chi connectivity index (χ4n) is 4.92. The molecule has 172 valence electrons. The highest BCUT2D eigenvalue weighted by atomic mass is 35.5. The lowest BCUT2D eigenvalue weighted by molar-refractivity contribution is -0.127. The van der Waals surface area contributed by atoms with Gasteiger partial charge in [0, 0.05) is 24.8 Å². The van der Waals surface area contributed by atoms with E-state index in [0.29, 0.717) is 55.0 Å². The molecule has 3 heterocycles. The van der Waals surface area contributed by atoms with E-state index >= 15 is 0 Å². The van der Waals surface area contributed by atoms with Crippen molar-refractivity contribution in [3.05, 3.63) is 53.1 Å². The Morgan fingerprint density at radius 3 is 2.79 bits per heavy atom. The molecule has 0 atom stereocenters. The number of halogens is 2. The maximum Gasteiger partial charge on any atom is 0.256 e. The van der Waals surface area contributed by atoms with Gasteiger partial charge in [0.25, 0.3) is 5.91 Å². The van der Waals surface area contributed by atoms with Crippen molar-refractivity contribution in [1.29, 1.82) is 0 Å². The van der Waals surface area contributed by atoms with Crippen LogP contribution in [0.25, 0.3) is 5.65 Å². The van der Waals surface area contributed by atoms with Gasteiger partial charge in [-0.1, -0.05) is 11.6 Å². The Kier molecular flexibility index (Phi) is 5.44. The second-order valence-electron chi connectivity index (χ2n) is 8.63. The fourth-order valence-corrected chi connectivity index (χ4v) is 5.19. The summed E-state index contributed by atoms with van der Waals surface area (Å²) in [5, 5.41) is 7.48. The van der Waals surface area contributed by atoms with Crippen molar-refractivity contribution in [2.24, 2.45) is 5.41 Å². The van der Waals surface area contributed by atoms with Gasteiger partial charge < -0.3 is 15.0 Å². The summed E-state index contributed by atoms with van der Waals surface area (Å²) < 4.78 is 20.1. The predicted octanol–water partition coefficient (Wildman–Crippen LogP) is 3.63. The number of anilines is 1. The van der Waals surface area contributed by atoms with Gasteiger partial charge >= 0.3 is 0 Å². The van der Waals surface area contributed by atoms with Crippen LogP contribution in [0.4, 0.5) is 10.1 Å². The third-order valence-corrected chi connectivity index (χ3v) is 7.09. The van der Waals surface area contributed by atoms with Crippen LogP contribution in [0, 0.1) is 11.2 Å². The lowest BCUT2D eigenvalue weighted by Gasteiger charge is -2.36. The number of aromatic nitrogens is 3. The van der Waals surface area contributed by atoms with Crippen molar-refractivity contribution in [3.63, 3.8) is 0 Å². The quantitative estimate of drug-likeness (QED) is 0.627. The Hall–Kier alpha value is -3.20. The zero-order valence-corrected chi connectivity index (χ0v) is 18.8. The number of fused-ring (bicyclic) bond motifs is 1. The van der Waals surface area contributed by atoms with E-state index in [-0.39, 0.29) is 22.9 Å². The molecule has 0 bridgehead atoms. The normalized spacial score (nSPS) is 22.8. The Labute approximate surface area is 194 Å². The summed E-state index contributed by atoms with van der Waals surface area (Å²) in [5.74, 6) is -0.243. The summed E-state index contributed by atoms with van der Waals surface area (Å²) in [6, 6.07) is 5.73. The molecular formula is C23H23ClFN5O3. The average molecular weight is 472 g/mol. The zero-order valence-electron chi connectivity index (χ0n) is 18.1. The number of rotatable bonds is 4. The Bertz CT molecular complexity index is 1240. The Morgan fingerprint density at radius 2 is 2.06 bits per heavy atom. The first-order chi connectivity index (χ1) is 15.9. The van der Waals surface area contributed by atoms with Crippen molar-refractivity contribution in [2.75, 3.05) is 18.6 Å². The number of ether oxygens (including phenoxy) is 1. The van der Waals surface area contributed by atoms with Crippen LogP contribution in [0.2, 0.25) is 5.02 Å². The smallest absolute Gasteiger partial charge is 0.256 e. The standard InChI is InChI=1S/C23H23ClFN5O3/c1-33-19-6-10-30-20(28-19)16(13-26-30)21(31)27-15-4-7-23(8-5-15)9-11-29(22(23)32)18-3-2-14(25)12-17(18)24/h2-3,6,10,12-13,15H,4-5,7-9,11H2,1H3,(H,27,31)/t15-,23-. The third kappa shape index (κ3) is 3.80. The van der Waals surface area contributed by atoms with Crippen LogP contribution in [0.5, 0.6) is 5.88 Å². The molecule has 2 amide bonds. The number of nitrogens with zero attached hydrogens (tertiary/aromatic N) is 4. The van der Waals surface area contributed by atoms with Crippen LogP contribution >= 0.6 is 11.6 Å². The highest BCUT2D eigenvalue weighted by Gasteiger charge is 2.49. The molecule has 3 aromatic rings. The number of hydrogen-bond acceptors (Lipinski definition) is 5. The van der Waals surface area contributed by atoms with E-state index in [0.717, 1.165) is 6.42 Å². The first-order valence-electron chi connectivity index (χ1n) is 10.9. The second kappa shape index (κ2) is 8.30. The highest BCUT2D eigenvalue weighted by molar-refractivity contribution is 6.34. The van der Waals surface area contributed by atoms with E-state index in [1.807, 2.05) is 0 Å². The summed E-state index contributed by atoms with van der Waals surface area (Å²) in [6.45, 7) is 0.553. The van der Waals surface area contributed by atoms with Gasteiger partial charge in [-0.15, -0.1) is 0 Å². The number of carbonyl (C=O) groups excluding carboxylic acids is 2. The largest absolute Gasteiger partial charge is 0.481 e. The van der Waals surface area contributed by atoms with E-state index in [4.69, 9.17) is 16.3 Å². The summed E-state index contributed by atoms with van der Waals surface area (Å²) in [5.41, 5.74) is 0.893. The van der Waals surface area contributed by atoms with Crippen LogP contribution in [0.15, 0.2) is 36.7 Å². The number of carbonyl (C=O) groups is 2. The van der Waals surface area contributed by atoms with Crippen LogP contribution in [0.3, 0.4) is 0 Å². The van der Waals surface area contributed by atoms with Crippen molar-refractivity contribution >= 4 is 34.7 Å². The zero-order chi connectivity index (χ0) is 23.2. The van der Waals surface area contributed by atoms with E-state index in [1.54, 1.807) is 23.2 Å². The molecule has 0 radical (unpaired) electrons. The minimum Gasteiger partial charge on any atom is -0.481 e. The maximum absolute atomic E-state index is 13.4. The first-order valence-corrected chi connectivity index (χ1v) is 11.2. The topological polar surface area (TPSA) is 88.8 Å². The van der Waals surface area contributed by atoms with E-state index in [1.165, 1.54) is 30.0 Å². The molecule has 2 fully saturated rings. The summed E-state index contributed by atoms with van der Waals surface area (Å²) >= 11 is 6.19. The van der Waals surface area contributed by atoms with Crippen molar-refractivity contribution in [1.82, 2.24) is 19.9 Å². The monoisotopic (exact) mass is 471 g/mol. The molecule has 33 heavy (non-hydrogen) atoms. The van der Waals surface area contributed by atoms with E-state index in [2.05, 4.69) is 15.4 Å². The Morgan fingerprint density at radius 1 is 1.27 bits per heavy atom. The van der Waals surface area contributed by atoms with Crippen molar-refractivity contribution < 1.29 is 18.7 Å². The molecule has 1 aliphatic carbocycles. The number of methoxy groups -OCH3 is 1. The molecule has 1 saturated heterocycles. The van der Waals surface area contributed by atoms with Gasteiger partial charge in [0.1, 0.15) is 11.4 Å². The number of hydrogen-bond donors (Lipinski definition) is 1. The number of benzene rings is 1. The highest BCUT2D eigenvalue weighted by Crippen LogP contribution is 2.47. The number of amides is 2. The number of nitrogens with one attached hydrogen (secondary N) is 1. The lowest BCUT2D eigenvalue weighted by atomic mass is 9.71. The van der Waals surface area contributed by atoms with Gasteiger partial charge in [0.2, 0.25) is 11.8 Å². The summed E-state index contributed by atoms with van der Waals surface area (Å²) in [7, 11) is 1.52. The lowest BCUT2D eigenvalue weighted by Crippen LogP contribution is -2.44. The summed E-state index contributed by atoms with van der Waals surface area (Å²) in [6.07, 6.45) is 6.63. The van der Waals surface area contributed by atoms with Gasteiger partial charge in [0.15, 0.2) is 5.65 Å². The third-order valence-electron chi connectivity index (χ3n) is 6.79. The minimum absolute atomic E-state index is 0.0275. The molecule has 5 rings (SSSR count). The Balaban J connectivity index is 1.25. The summed E-state index contributed by atoms with van der Waals surface area (Å²) in [4.78, 5) is 32.2. The van der Waals surface area contributed by atoms with Gasteiger partial charge in [0.05, 0.1) is 29.4 Å². The maximum atomic E-state index is 13.4. The molecule has 2 aliphatic rings. The fraction of sp³-hybridized carbons (Fsp3) is 0.391. The van der Waals surface area contributed by atoms with E-state index < -0.39 is 11.2 Å². The SMILES string of the molecule is COc1ccn2ncc(C(=O)N[C@H]3CC[C@@]4(CCN(c5ccc(F)cc5Cl)C4=O)CC3)c2n1. The average Bonchev–Trinajstić information content (AvgIpc) is 3.37. The molecule has 0 unspecified atom stereocenters. The van der Waals surface area contributed by atoms with Gasteiger partial charge in [-0.2, -0.15) is 10.1 Å². The van der Waals surface area contributed by atoms with Gasteiger partial charge in [-0.25, -0.2) is 8.91 Å².